The molecule has 1 N–H and O–H groups in total. The average molecular weight is 217 g/mol. The lowest BCUT2D eigenvalue weighted by molar-refractivity contribution is -0.161. The number of ether oxygens (including phenoxy) is 2. The SMILES string of the molecule is COC(=O)C1(F)CNCC12COC(C)C2. The summed E-state index contributed by atoms with van der Waals surface area (Å²) in [4.78, 5) is 11.5. The van der Waals surface area contributed by atoms with Gasteiger partial charge in [0.1, 0.15) is 0 Å². The Morgan fingerprint density at radius 3 is 2.87 bits per heavy atom. The number of alkyl halides is 1. The lowest BCUT2D eigenvalue weighted by Gasteiger charge is -2.32. The van der Waals surface area contributed by atoms with Crippen LogP contribution in [0, 0.1) is 5.41 Å². The number of hydrogen-bond donors (Lipinski definition) is 1. The van der Waals surface area contributed by atoms with E-state index < -0.39 is 17.1 Å². The lowest BCUT2D eigenvalue weighted by atomic mass is 9.74. The van der Waals surface area contributed by atoms with Gasteiger partial charge in [0.25, 0.3) is 0 Å². The molecule has 2 heterocycles. The number of methoxy groups -OCH3 is 1. The Morgan fingerprint density at radius 1 is 1.60 bits per heavy atom. The monoisotopic (exact) mass is 217 g/mol. The van der Waals surface area contributed by atoms with E-state index in [1.807, 2.05) is 6.92 Å². The predicted octanol–water partition coefficient (Wildman–Crippen LogP) is 0.266. The van der Waals surface area contributed by atoms with Gasteiger partial charge in [-0.15, -0.1) is 0 Å². The van der Waals surface area contributed by atoms with E-state index in [9.17, 15) is 9.18 Å². The van der Waals surface area contributed by atoms with Gasteiger partial charge in [0, 0.05) is 13.1 Å². The molecule has 0 aromatic rings. The number of hydrogen-bond acceptors (Lipinski definition) is 4. The van der Waals surface area contributed by atoms with Crippen LogP contribution in [0.1, 0.15) is 13.3 Å². The van der Waals surface area contributed by atoms with E-state index in [2.05, 4.69) is 10.1 Å². The Hall–Kier alpha value is -0.680. The van der Waals surface area contributed by atoms with Crippen LogP contribution in [0.25, 0.3) is 0 Å². The van der Waals surface area contributed by atoms with Crippen LogP contribution in [-0.2, 0) is 14.3 Å². The van der Waals surface area contributed by atoms with E-state index in [0.717, 1.165) is 0 Å². The molecule has 0 bridgehead atoms. The topological polar surface area (TPSA) is 47.6 Å². The van der Waals surface area contributed by atoms with E-state index in [0.29, 0.717) is 13.0 Å². The summed E-state index contributed by atoms with van der Waals surface area (Å²) in [6.07, 6.45) is 0.565. The van der Waals surface area contributed by atoms with Crippen molar-refractivity contribution in [2.24, 2.45) is 5.41 Å². The molecule has 2 fully saturated rings. The van der Waals surface area contributed by atoms with Crippen LogP contribution in [0.2, 0.25) is 0 Å². The zero-order valence-electron chi connectivity index (χ0n) is 9.01. The maximum atomic E-state index is 14.6. The van der Waals surface area contributed by atoms with Gasteiger partial charge in [0.2, 0.25) is 5.67 Å². The Bertz CT molecular complexity index is 286. The van der Waals surface area contributed by atoms with Gasteiger partial charge in [0.05, 0.1) is 25.2 Å². The van der Waals surface area contributed by atoms with E-state index >= 15 is 0 Å². The van der Waals surface area contributed by atoms with Gasteiger partial charge in [-0.3, -0.25) is 0 Å². The van der Waals surface area contributed by atoms with Crippen molar-refractivity contribution in [1.29, 1.82) is 0 Å². The highest BCUT2D eigenvalue weighted by atomic mass is 19.1. The maximum Gasteiger partial charge on any atom is 0.345 e. The van der Waals surface area contributed by atoms with Gasteiger partial charge < -0.3 is 14.8 Å². The van der Waals surface area contributed by atoms with Crippen LogP contribution in [0.15, 0.2) is 0 Å². The van der Waals surface area contributed by atoms with Crippen LogP contribution in [-0.4, -0.2) is 44.5 Å². The summed E-state index contributed by atoms with van der Waals surface area (Å²) in [6, 6.07) is 0. The van der Waals surface area contributed by atoms with Gasteiger partial charge in [-0.2, -0.15) is 0 Å². The summed E-state index contributed by atoms with van der Waals surface area (Å²) < 4.78 is 24.6. The first kappa shape index (κ1) is 10.8. The first-order chi connectivity index (χ1) is 7.04. The average Bonchev–Trinajstić information content (AvgIpc) is 2.73. The van der Waals surface area contributed by atoms with E-state index in [4.69, 9.17) is 4.74 Å². The maximum absolute atomic E-state index is 14.6. The molecule has 0 radical (unpaired) electrons. The van der Waals surface area contributed by atoms with Crippen molar-refractivity contribution in [2.75, 3.05) is 26.8 Å². The van der Waals surface area contributed by atoms with Crippen molar-refractivity contribution < 1.29 is 18.7 Å². The third kappa shape index (κ3) is 1.37. The molecule has 2 rings (SSSR count). The molecule has 2 aliphatic heterocycles. The minimum atomic E-state index is -1.94. The highest BCUT2D eigenvalue weighted by molar-refractivity contribution is 5.81. The molecule has 15 heavy (non-hydrogen) atoms. The molecule has 0 amide bonds. The molecule has 2 saturated heterocycles. The highest BCUT2D eigenvalue weighted by Crippen LogP contribution is 2.47. The third-order valence-corrected chi connectivity index (χ3v) is 3.50. The fourth-order valence-electron chi connectivity index (χ4n) is 2.62. The van der Waals surface area contributed by atoms with Crippen LogP contribution < -0.4 is 5.32 Å². The van der Waals surface area contributed by atoms with Crippen molar-refractivity contribution >= 4 is 5.97 Å². The summed E-state index contributed by atoms with van der Waals surface area (Å²) in [5.41, 5.74) is -2.67. The van der Waals surface area contributed by atoms with Crippen molar-refractivity contribution in [3.63, 3.8) is 0 Å². The van der Waals surface area contributed by atoms with Gasteiger partial charge in [-0.05, 0) is 13.3 Å². The van der Waals surface area contributed by atoms with E-state index in [1.165, 1.54) is 7.11 Å². The number of rotatable bonds is 1. The molecule has 3 unspecified atom stereocenters. The summed E-state index contributed by atoms with van der Waals surface area (Å²) >= 11 is 0. The quantitative estimate of drug-likeness (QED) is 0.640. The Morgan fingerprint density at radius 2 is 2.33 bits per heavy atom. The molecule has 5 heteroatoms. The van der Waals surface area contributed by atoms with Crippen LogP contribution >= 0.6 is 0 Å². The molecule has 4 nitrogen and oxygen atoms in total. The highest BCUT2D eigenvalue weighted by Gasteiger charge is 2.64. The smallest absolute Gasteiger partial charge is 0.345 e. The first-order valence-electron chi connectivity index (χ1n) is 5.14. The molecule has 0 aliphatic carbocycles. The second-order valence-corrected chi connectivity index (χ2v) is 4.50. The molecule has 86 valence electrons. The van der Waals surface area contributed by atoms with Gasteiger partial charge in [-0.1, -0.05) is 0 Å². The second kappa shape index (κ2) is 3.42. The van der Waals surface area contributed by atoms with Gasteiger partial charge in [0.15, 0.2) is 0 Å². The lowest BCUT2D eigenvalue weighted by Crippen LogP contribution is -2.51. The molecule has 0 saturated carbocycles. The molecule has 3 atom stereocenters. The summed E-state index contributed by atoms with van der Waals surface area (Å²) in [6.45, 7) is 2.68. The van der Waals surface area contributed by atoms with E-state index in [1.54, 1.807) is 0 Å². The first-order valence-corrected chi connectivity index (χ1v) is 5.14. The zero-order chi connectivity index (χ0) is 11.1. The Labute approximate surface area is 88.1 Å². The van der Waals surface area contributed by atoms with Gasteiger partial charge in [-0.25, -0.2) is 9.18 Å². The van der Waals surface area contributed by atoms with Crippen LogP contribution in [0.4, 0.5) is 4.39 Å². The fourth-order valence-corrected chi connectivity index (χ4v) is 2.62. The molecular weight excluding hydrogens is 201 g/mol. The summed E-state index contributed by atoms with van der Waals surface area (Å²) in [5, 5.41) is 2.93. The second-order valence-electron chi connectivity index (χ2n) is 4.50. The predicted molar refractivity (Wildman–Crippen MR) is 51.2 cm³/mol. The number of carbonyl (C=O) groups excluding carboxylic acids is 1. The molecule has 0 aromatic carbocycles. The van der Waals surface area contributed by atoms with Crippen molar-refractivity contribution in [1.82, 2.24) is 5.32 Å². The van der Waals surface area contributed by atoms with Crippen molar-refractivity contribution in [3.8, 4) is 0 Å². The third-order valence-electron chi connectivity index (χ3n) is 3.50. The Kier molecular flexibility index (Phi) is 2.47. The minimum absolute atomic E-state index is 0.00433. The number of esters is 1. The normalized spacial score (nSPS) is 44.9. The largest absolute Gasteiger partial charge is 0.467 e. The molecule has 2 aliphatic rings. The fraction of sp³-hybridized carbons (Fsp3) is 0.900. The molecule has 1 spiro atoms. The van der Waals surface area contributed by atoms with Crippen LogP contribution in [0.3, 0.4) is 0 Å². The number of nitrogens with one attached hydrogen (secondary N) is 1. The van der Waals surface area contributed by atoms with Crippen LogP contribution in [0.5, 0.6) is 0 Å². The Balaban J connectivity index is 2.28. The standard InChI is InChI=1S/C10H16FNO3/c1-7-3-9(6-15-7)4-12-5-10(9,11)8(13)14-2/h7,12H,3-6H2,1-2H3. The number of carbonyl (C=O) groups is 1. The van der Waals surface area contributed by atoms with E-state index in [-0.39, 0.29) is 19.3 Å². The van der Waals surface area contributed by atoms with Gasteiger partial charge >= 0.3 is 5.97 Å². The minimum Gasteiger partial charge on any atom is -0.467 e. The van der Waals surface area contributed by atoms with Crippen molar-refractivity contribution in [2.45, 2.75) is 25.1 Å². The molecular formula is C10H16FNO3. The molecule has 0 aromatic heterocycles. The van der Waals surface area contributed by atoms with Crippen molar-refractivity contribution in [3.05, 3.63) is 0 Å². The zero-order valence-corrected chi connectivity index (χ0v) is 9.01. The number of halogens is 1. The summed E-state index contributed by atoms with van der Waals surface area (Å²) in [7, 11) is 1.22. The summed E-state index contributed by atoms with van der Waals surface area (Å²) in [5.74, 6) is -0.787.